The van der Waals surface area contributed by atoms with Gasteiger partial charge in [-0.1, -0.05) is 6.07 Å². The number of nitrogens with one attached hydrogen (secondary N) is 1. The number of carbonyl (C=O) groups excluding carboxylic acids is 1. The minimum Gasteiger partial charge on any atom is -0.493 e. The third-order valence-electron chi connectivity index (χ3n) is 2.52. The fourth-order valence-electron chi connectivity index (χ4n) is 1.60. The van der Waals surface area contributed by atoms with Gasteiger partial charge in [-0.05, 0) is 32.9 Å². The van der Waals surface area contributed by atoms with Gasteiger partial charge in [-0.2, -0.15) is 0 Å². The lowest BCUT2D eigenvalue weighted by atomic mass is 10.2. The van der Waals surface area contributed by atoms with Crippen LogP contribution in [0.1, 0.15) is 31.1 Å². The van der Waals surface area contributed by atoms with Crippen LogP contribution in [0.4, 0.5) is 0 Å². The molecule has 0 aliphatic heterocycles. The number of carboxylic acid groups (broad SMARTS) is 1. The van der Waals surface area contributed by atoms with E-state index in [-0.39, 0.29) is 29.0 Å². The summed E-state index contributed by atoms with van der Waals surface area (Å²) in [6, 6.07) is 4.50. The van der Waals surface area contributed by atoms with Crippen LogP contribution in [0.25, 0.3) is 0 Å². The van der Waals surface area contributed by atoms with Crippen LogP contribution >= 0.6 is 0 Å². The van der Waals surface area contributed by atoms with E-state index in [9.17, 15) is 9.59 Å². The predicted octanol–water partition coefficient (Wildman–Crippen LogP) is 1.69. The van der Waals surface area contributed by atoms with Crippen molar-refractivity contribution in [3.63, 3.8) is 0 Å². The molecular formula is C14H19NO5. The van der Waals surface area contributed by atoms with Crippen molar-refractivity contribution in [3.05, 3.63) is 23.8 Å². The van der Waals surface area contributed by atoms with Crippen LogP contribution < -0.4 is 14.8 Å². The van der Waals surface area contributed by atoms with Gasteiger partial charge in [0.25, 0.3) is 5.91 Å². The van der Waals surface area contributed by atoms with Gasteiger partial charge in [0, 0.05) is 6.04 Å². The molecule has 1 atom stereocenters. The number of para-hydroxylation sites is 1. The van der Waals surface area contributed by atoms with Crippen molar-refractivity contribution >= 4 is 11.9 Å². The molecule has 0 aromatic heterocycles. The molecule has 0 bridgehead atoms. The van der Waals surface area contributed by atoms with Crippen LogP contribution in [0.2, 0.25) is 0 Å². The lowest BCUT2D eigenvalue weighted by molar-refractivity contribution is -0.127. The lowest BCUT2D eigenvalue weighted by Gasteiger charge is -2.19. The third kappa shape index (κ3) is 3.88. The Morgan fingerprint density at radius 3 is 2.40 bits per heavy atom. The Kier molecular flexibility index (Phi) is 5.37. The third-order valence-corrected chi connectivity index (χ3v) is 2.52. The number of methoxy groups -OCH3 is 1. The Bertz CT molecular complexity index is 498. The molecule has 0 fully saturated rings. The standard InChI is InChI=1S/C14H19NO5/c1-8(2)15-13(16)9(3)20-12-10(14(17)18)6-5-7-11(12)19-4/h5-9H,1-4H3,(H,15,16)(H,17,18). The van der Waals surface area contributed by atoms with Crippen molar-refractivity contribution in [3.8, 4) is 11.5 Å². The van der Waals surface area contributed by atoms with Gasteiger partial charge < -0.3 is 19.9 Å². The summed E-state index contributed by atoms with van der Waals surface area (Å²) < 4.78 is 10.6. The summed E-state index contributed by atoms with van der Waals surface area (Å²) in [7, 11) is 1.41. The van der Waals surface area contributed by atoms with Crippen molar-refractivity contribution in [2.75, 3.05) is 7.11 Å². The van der Waals surface area contributed by atoms with Gasteiger partial charge in [-0.3, -0.25) is 4.79 Å². The number of hydrogen-bond acceptors (Lipinski definition) is 4. The molecule has 0 heterocycles. The van der Waals surface area contributed by atoms with Crippen molar-refractivity contribution in [2.45, 2.75) is 32.9 Å². The lowest BCUT2D eigenvalue weighted by Crippen LogP contribution is -2.40. The first kappa shape index (κ1) is 15.8. The molecule has 1 amide bonds. The second-order valence-corrected chi connectivity index (χ2v) is 4.57. The Hall–Kier alpha value is -2.24. The first-order chi connectivity index (χ1) is 9.36. The zero-order valence-corrected chi connectivity index (χ0v) is 12.0. The first-order valence-corrected chi connectivity index (χ1v) is 6.24. The highest BCUT2D eigenvalue weighted by Crippen LogP contribution is 2.31. The zero-order chi connectivity index (χ0) is 15.3. The highest BCUT2D eigenvalue weighted by atomic mass is 16.5. The second-order valence-electron chi connectivity index (χ2n) is 4.57. The Morgan fingerprint density at radius 2 is 1.90 bits per heavy atom. The molecule has 6 heteroatoms. The van der Waals surface area contributed by atoms with E-state index in [2.05, 4.69) is 5.32 Å². The molecule has 1 rings (SSSR count). The van der Waals surface area contributed by atoms with Crippen LogP contribution in [0.3, 0.4) is 0 Å². The Balaban J connectivity index is 3.01. The molecule has 0 aliphatic carbocycles. The van der Waals surface area contributed by atoms with E-state index in [0.29, 0.717) is 0 Å². The maximum atomic E-state index is 11.8. The summed E-state index contributed by atoms with van der Waals surface area (Å²) in [5, 5.41) is 11.8. The SMILES string of the molecule is COc1cccc(C(=O)O)c1OC(C)C(=O)NC(C)C. The Labute approximate surface area is 117 Å². The highest BCUT2D eigenvalue weighted by Gasteiger charge is 2.22. The van der Waals surface area contributed by atoms with Gasteiger partial charge in [0.05, 0.1) is 7.11 Å². The topological polar surface area (TPSA) is 84.9 Å². The molecule has 0 aliphatic rings. The largest absolute Gasteiger partial charge is 0.493 e. The molecule has 0 radical (unpaired) electrons. The number of amides is 1. The summed E-state index contributed by atoms with van der Waals surface area (Å²) in [5.41, 5.74) is -0.0476. The number of benzene rings is 1. The first-order valence-electron chi connectivity index (χ1n) is 6.24. The monoisotopic (exact) mass is 281 g/mol. The summed E-state index contributed by atoms with van der Waals surface area (Å²) in [6.45, 7) is 5.21. The summed E-state index contributed by atoms with van der Waals surface area (Å²) in [4.78, 5) is 23.0. The molecule has 1 unspecified atom stereocenters. The van der Waals surface area contributed by atoms with E-state index in [1.807, 2.05) is 13.8 Å². The normalized spacial score (nSPS) is 11.8. The second kappa shape index (κ2) is 6.79. The van der Waals surface area contributed by atoms with Crippen molar-refractivity contribution in [1.29, 1.82) is 0 Å². The van der Waals surface area contributed by atoms with Gasteiger partial charge in [-0.15, -0.1) is 0 Å². The van der Waals surface area contributed by atoms with Gasteiger partial charge in [0.2, 0.25) is 0 Å². The molecule has 110 valence electrons. The highest BCUT2D eigenvalue weighted by molar-refractivity contribution is 5.92. The van der Waals surface area contributed by atoms with Gasteiger partial charge in [0.1, 0.15) is 5.56 Å². The molecule has 1 aromatic rings. The molecule has 6 nitrogen and oxygen atoms in total. The fraction of sp³-hybridized carbons (Fsp3) is 0.429. The average Bonchev–Trinajstić information content (AvgIpc) is 2.37. The smallest absolute Gasteiger partial charge is 0.339 e. The van der Waals surface area contributed by atoms with E-state index >= 15 is 0 Å². The van der Waals surface area contributed by atoms with Crippen LogP contribution in [0.15, 0.2) is 18.2 Å². The number of rotatable bonds is 6. The van der Waals surface area contributed by atoms with E-state index in [1.54, 1.807) is 19.1 Å². The average molecular weight is 281 g/mol. The number of carboxylic acids is 1. The minimum absolute atomic E-state index is 0.0230. The van der Waals surface area contributed by atoms with E-state index in [0.717, 1.165) is 0 Å². The minimum atomic E-state index is -1.14. The van der Waals surface area contributed by atoms with Crippen LogP contribution in [-0.4, -0.2) is 36.2 Å². The van der Waals surface area contributed by atoms with E-state index < -0.39 is 12.1 Å². The van der Waals surface area contributed by atoms with Gasteiger partial charge in [0.15, 0.2) is 17.6 Å². The van der Waals surface area contributed by atoms with Crippen molar-refractivity contribution in [1.82, 2.24) is 5.32 Å². The van der Waals surface area contributed by atoms with Gasteiger partial charge in [-0.25, -0.2) is 4.79 Å². The van der Waals surface area contributed by atoms with Crippen LogP contribution in [0, 0.1) is 0 Å². The number of aromatic carboxylic acids is 1. The molecule has 1 aromatic carbocycles. The number of carbonyl (C=O) groups is 2. The fourth-order valence-corrected chi connectivity index (χ4v) is 1.60. The molecule has 2 N–H and O–H groups in total. The molecular weight excluding hydrogens is 262 g/mol. The van der Waals surface area contributed by atoms with E-state index in [4.69, 9.17) is 14.6 Å². The van der Waals surface area contributed by atoms with Crippen LogP contribution in [0.5, 0.6) is 11.5 Å². The van der Waals surface area contributed by atoms with E-state index in [1.165, 1.54) is 13.2 Å². The zero-order valence-electron chi connectivity index (χ0n) is 12.0. The van der Waals surface area contributed by atoms with Gasteiger partial charge >= 0.3 is 5.97 Å². The maximum Gasteiger partial charge on any atom is 0.339 e. The summed E-state index contributed by atoms with van der Waals surface area (Å²) in [6.07, 6.45) is -0.827. The maximum absolute atomic E-state index is 11.8. The van der Waals surface area contributed by atoms with Crippen molar-refractivity contribution < 1.29 is 24.2 Å². The quantitative estimate of drug-likeness (QED) is 0.828. The predicted molar refractivity (Wildman–Crippen MR) is 73.3 cm³/mol. The molecule has 20 heavy (non-hydrogen) atoms. The Morgan fingerprint density at radius 1 is 1.25 bits per heavy atom. The molecule has 0 spiro atoms. The van der Waals surface area contributed by atoms with Crippen molar-refractivity contribution in [2.24, 2.45) is 0 Å². The molecule has 0 saturated heterocycles. The number of hydrogen-bond donors (Lipinski definition) is 2. The summed E-state index contributed by atoms with van der Waals surface area (Å²) >= 11 is 0. The van der Waals surface area contributed by atoms with Crippen LogP contribution in [-0.2, 0) is 4.79 Å². The summed E-state index contributed by atoms with van der Waals surface area (Å²) in [5.74, 6) is -1.14. The number of ether oxygens (including phenoxy) is 2. The molecule has 0 saturated carbocycles.